The maximum absolute atomic E-state index is 12.6. The first-order valence-corrected chi connectivity index (χ1v) is 10.0. The van der Waals surface area contributed by atoms with E-state index >= 15 is 0 Å². The van der Waals surface area contributed by atoms with Gasteiger partial charge in [0.05, 0.1) is 4.88 Å². The Bertz CT molecular complexity index is 771. The van der Waals surface area contributed by atoms with Gasteiger partial charge in [-0.05, 0) is 51.3 Å². The molecule has 1 aliphatic rings. The molecule has 0 aliphatic carbocycles. The summed E-state index contributed by atoms with van der Waals surface area (Å²) in [6.07, 6.45) is 6.88. The first-order valence-electron chi connectivity index (χ1n) is 9.20. The molecule has 2 aromatic heterocycles. The van der Waals surface area contributed by atoms with Crippen LogP contribution in [-0.4, -0.2) is 29.1 Å². The van der Waals surface area contributed by atoms with Crippen LogP contribution in [-0.2, 0) is 0 Å². The van der Waals surface area contributed by atoms with Crippen LogP contribution in [0.3, 0.4) is 0 Å². The van der Waals surface area contributed by atoms with Crippen molar-refractivity contribution in [2.75, 3.05) is 18.4 Å². The average molecular weight is 374 g/mol. The highest BCUT2D eigenvalue weighted by Crippen LogP contribution is 2.36. The van der Waals surface area contributed by atoms with Crippen molar-refractivity contribution in [2.24, 2.45) is 5.92 Å². The molecule has 1 saturated heterocycles. The van der Waals surface area contributed by atoms with Crippen molar-refractivity contribution in [1.29, 1.82) is 0 Å². The number of hydrogen-bond donors (Lipinski definition) is 1. The van der Waals surface area contributed by atoms with E-state index < -0.39 is 0 Å². The van der Waals surface area contributed by atoms with Crippen molar-refractivity contribution in [3.63, 3.8) is 0 Å². The first kappa shape index (κ1) is 18.9. The molecule has 3 rings (SSSR count). The third-order valence-electron chi connectivity index (χ3n) is 4.68. The molecular weight excluding hydrogens is 346 g/mol. The second-order valence-electron chi connectivity index (χ2n) is 7.18. The number of aromatic nitrogens is 1. The Hall–Kier alpha value is -1.92. The lowest BCUT2D eigenvalue weighted by atomic mass is 10.1. The molecule has 0 bridgehead atoms. The van der Waals surface area contributed by atoms with Crippen LogP contribution in [0.15, 0.2) is 28.8 Å². The third-order valence-corrected chi connectivity index (χ3v) is 5.86. The molecule has 1 atom stereocenters. The molecule has 0 aromatic carbocycles. The van der Waals surface area contributed by atoms with Gasteiger partial charge in [0, 0.05) is 17.5 Å². The van der Waals surface area contributed by atoms with Gasteiger partial charge < -0.3 is 9.84 Å². The number of aryl methyl sites for hydroxylation is 2. The van der Waals surface area contributed by atoms with Crippen LogP contribution in [0, 0.1) is 19.8 Å². The topological polar surface area (TPSA) is 58.4 Å². The van der Waals surface area contributed by atoms with E-state index in [0.29, 0.717) is 29.1 Å². The van der Waals surface area contributed by atoms with Gasteiger partial charge in [0.1, 0.15) is 11.4 Å². The fourth-order valence-corrected chi connectivity index (χ4v) is 4.40. The lowest BCUT2D eigenvalue weighted by Gasteiger charge is -2.22. The van der Waals surface area contributed by atoms with Gasteiger partial charge in [0.15, 0.2) is 5.76 Å². The molecular formula is C20H27N3O2S. The maximum atomic E-state index is 12.6. The monoisotopic (exact) mass is 373 g/mol. The Balaban J connectivity index is 1.67. The molecule has 1 aliphatic heterocycles. The lowest BCUT2D eigenvalue weighted by Crippen LogP contribution is -2.22. The Kier molecular flexibility index (Phi) is 5.94. The van der Waals surface area contributed by atoms with Gasteiger partial charge in [-0.2, -0.15) is 0 Å². The van der Waals surface area contributed by atoms with Gasteiger partial charge in [-0.25, -0.2) is 0 Å². The van der Waals surface area contributed by atoms with Gasteiger partial charge in [0.25, 0.3) is 5.91 Å². The number of hydrogen-bond acceptors (Lipinski definition) is 5. The maximum Gasteiger partial charge on any atom is 0.265 e. The number of nitrogens with zero attached hydrogens (tertiary/aromatic N) is 2. The van der Waals surface area contributed by atoms with E-state index in [2.05, 4.69) is 47.4 Å². The highest BCUT2D eigenvalue weighted by molar-refractivity contribution is 7.14. The van der Waals surface area contributed by atoms with Crippen LogP contribution in [0.4, 0.5) is 5.69 Å². The van der Waals surface area contributed by atoms with Crippen molar-refractivity contribution in [1.82, 2.24) is 10.1 Å². The molecule has 1 amide bonds. The van der Waals surface area contributed by atoms with Crippen molar-refractivity contribution < 1.29 is 9.32 Å². The molecule has 26 heavy (non-hydrogen) atoms. The molecule has 0 saturated carbocycles. The van der Waals surface area contributed by atoms with E-state index in [1.807, 2.05) is 13.0 Å². The number of allylic oxidation sites excluding steroid dienone is 1. The van der Waals surface area contributed by atoms with E-state index in [-0.39, 0.29) is 5.91 Å². The van der Waals surface area contributed by atoms with Crippen LogP contribution >= 0.6 is 11.3 Å². The summed E-state index contributed by atoms with van der Waals surface area (Å²) in [5, 5.41) is 6.81. The first-order chi connectivity index (χ1) is 12.5. The predicted octanol–water partition coefficient (Wildman–Crippen LogP) is 4.95. The zero-order chi connectivity index (χ0) is 18.7. The van der Waals surface area contributed by atoms with Crippen LogP contribution < -0.4 is 5.32 Å². The summed E-state index contributed by atoms with van der Waals surface area (Å²) < 4.78 is 5.11. The summed E-state index contributed by atoms with van der Waals surface area (Å²) in [5.41, 5.74) is 1.37. The lowest BCUT2D eigenvalue weighted by molar-refractivity contribution is 0.103. The minimum absolute atomic E-state index is 0.0973. The normalized spacial score (nSPS) is 18.3. The third kappa shape index (κ3) is 4.24. The smallest absolute Gasteiger partial charge is 0.265 e. The minimum atomic E-state index is -0.0973. The van der Waals surface area contributed by atoms with Crippen molar-refractivity contribution in [3.8, 4) is 0 Å². The summed E-state index contributed by atoms with van der Waals surface area (Å²) in [4.78, 5) is 17.1. The Morgan fingerprint density at radius 3 is 2.96 bits per heavy atom. The highest BCUT2D eigenvalue weighted by atomic mass is 32.1. The number of carbonyl (C=O) groups excluding carboxylic acids is 1. The van der Waals surface area contributed by atoms with Crippen LogP contribution in [0.2, 0.25) is 0 Å². The van der Waals surface area contributed by atoms with Crippen molar-refractivity contribution in [2.45, 2.75) is 46.6 Å². The molecule has 3 heterocycles. The molecule has 1 unspecified atom stereocenters. The second-order valence-corrected chi connectivity index (χ2v) is 8.30. The summed E-state index contributed by atoms with van der Waals surface area (Å²) >= 11 is 1.59. The van der Waals surface area contributed by atoms with Gasteiger partial charge in [-0.1, -0.05) is 31.2 Å². The SMILES string of the molecule is Cc1noc(C)c1NC(=O)c1ccc(C2CCCN2C/C=C/C(C)C)s1. The van der Waals surface area contributed by atoms with E-state index in [4.69, 9.17) is 4.52 Å². The number of anilines is 1. The number of nitrogens with one attached hydrogen (secondary N) is 1. The van der Waals surface area contributed by atoms with Crippen LogP contribution in [0.25, 0.3) is 0 Å². The number of likely N-dealkylation sites (tertiary alicyclic amines) is 1. The quantitative estimate of drug-likeness (QED) is 0.728. The number of carbonyl (C=O) groups is 1. The molecule has 1 N–H and O–H groups in total. The standard InChI is InChI=1S/C20H27N3O2S/c1-13(2)7-5-11-23-12-6-8-16(23)17-9-10-18(26-17)20(24)21-19-14(3)22-25-15(19)4/h5,7,9-10,13,16H,6,8,11-12H2,1-4H3,(H,21,24)/b7-5+. The average Bonchev–Trinajstić information content (AvgIpc) is 3.30. The molecule has 0 spiro atoms. The number of thiophene rings is 1. The fourth-order valence-electron chi connectivity index (χ4n) is 3.33. The van der Waals surface area contributed by atoms with E-state index in [0.717, 1.165) is 24.4 Å². The summed E-state index contributed by atoms with van der Waals surface area (Å²) in [7, 11) is 0. The Labute approximate surface area is 159 Å². The van der Waals surface area contributed by atoms with Crippen LogP contribution in [0.5, 0.6) is 0 Å². The zero-order valence-electron chi connectivity index (χ0n) is 15.9. The predicted molar refractivity (Wildman–Crippen MR) is 106 cm³/mol. The summed E-state index contributed by atoms with van der Waals surface area (Å²) in [6.45, 7) is 10.1. The zero-order valence-corrected chi connectivity index (χ0v) is 16.7. The van der Waals surface area contributed by atoms with Crippen LogP contribution in [0.1, 0.15) is 58.7 Å². The molecule has 6 heteroatoms. The highest BCUT2D eigenvalue weighted by Gasteiger charge is 2.27. The van der Waals surface area contributed by atoms with Gasteiger partial charge in [-0.3, -0.25) is 9.69 Å². The number of rotatable bonds is 6. The molecule has 140 valence electrons. The summed E-state index contributed by atoms with van der Waals surface area (Å²) in [5.74, 6) is 1.11. The van der Waals surface area contributed by atoms with Gasteiger partial charge in [-0.15, -0.1) is 11.3 Å². The number of amides is 1. The minimum Gasteiger partial charge on any atom is -0.359 e. The van der Waals surface area contributed by atoms with Gasteiger partial charge >= 0.3 is 0 Å². The Morgan fingerprint density at radius 1 is 1.46 bits per heavy atom. The second kappa shape index (κ2) is 8.18. The van der Waals surface area contributed by atoms with E-state index in [9.17, 15) is 4.79 Å². The molecule has 2 aromatic rings. The largest absolute Gasteiger partial charge is 0.359 e. The molecule has 1 fully saturated rings. The van der Waals surface area contributed by atoms with E-state index in [1.54, 1.807) is 18.3 Å². The van der Waals surface area contributed by atoms with Crippen molar-refractivity contribution >= 4 is 22.9 Å². The Morgan fingerprint density at radius 2 is 2.27 bits per heavy atom. The molecule has 5 nitrogen and oxygen atoms in total. The van der Waals surface area contributed by atoms with E-state index in [1.165, 1.54) is 11.3 Å². The fraction of sp³-hybridized carbons (Fsp3) is 0.500. The molecule has 0 radical (unpaired) electrons. The summed E-state index contributed by atoms with van der Waals surface area (Å²) in [6, 6.07) is 4.44. The van der Waals surface area contributed by atoms with Crippen molar-refractivity contribution in [3.05, 3.63) is 45.5 Å². The van der Waals surface area contributed by atoms with Gasteiger partial charge in [0.2, 0.25) is 0 Å².